The third-order valence-electron chi connectivity index (χ3n) is 6.59. The molecule has 1 aliphatic heterocycles. The number of carbonyl (C=O) groups is 1. The van der Waals surface area contributed by atoms with Gasteiger partial charge < -0.3 is 10.0 Å². The Hall–Kier alpha value is -2.75. The largest absolute Gasteiger partial charge is 0.384 e. The quantitative estimate of drug-likeness (QED) is 0.582. The van der Waals surface area contributed by atoms with Gasteiger partial charge in [-0.1, -0.05) is 90.0 Å². The van der Waals surface area contributed by atoms with Crippen molar-refractivity contribution in [3.8, 4) is 0 Å². The zero-order valence-electron chi connectivity index (χ0n) is 18.4. The molecule has 3 heteroatoms. The first kappa shape index (κ1) is 21.5. The fourth-order valence-electron chi connectivity index (χ4n) is 4.54. The van der Waals surface area contributed by atoms with E-state index in [2.05, 4.69) is 29.2 Å². The Morgan fingerprint density at radius 1 is 0.935 bits per heavy atom. The van der Waals surface area contributed by atoms with Crippen molar-refractivity contribution in [2.45, 2.75) is 32.3 Å². The Morgan fingerprint density at radius 2 is 1.55 bits per heavy atom. The van der Waals surface area contributed by atoms with Crippen molar-refractivity contribution in [3.05, 3.63) is 107 Å². The van der Waals surface area contributed by atoms with Gasteiger partial charge in [0.05, 0.1) is 5.92 Å². The van der Waals surface area contributed by atoms with E-state index in [1.54, 1.807) is 0 Å². The summed E-state index contributed by atoms with van der Waals surface area (Å²) in [7, 11) is 0. The first-order valence-electron chi connectivity index (χ1n) is 11.1. The maximum absolute atomic E-state index is 13.6. The predicted octanol–water partition coefficient (Wildman–Crippen LogP) is 4.94. The van der Waals surface area contributed by atoms with Crippen molar-refractivity contribution in [2.75, 3.05) is 19.6 Å². The molecule has 0 amide bonds. The van der Waals surface area contributed by atoms with Crippen LogP contribution in [-0.2, 0) is 12.0 Å². The minimum absolute atomic E-state index is 0.0208. The molecule has 0 saturated carbocycles. The number of aryl methyl sites for hydroxylation is 2. The molecule has 3 aromatic carbocycles. The van der Waals surface area contributed by atoms with Crippen LogP contribution in [0.1, 0.15) is 39.0 Å². The molecule has 4 rings (SSSR count). The molecule has 1 fully saturated rings. The lowest BCUT2D eigenvalue weighted by atomic mass is 9.72. The summed E-state index contributed by atoms with van der Waals surface area (Å²) in [5, 5.41) is 11.8. The number of piperidine rings is 1. The fraction of sp³-hybridized carbons (Fsp3) is 0.321. The van der Waals surface area contributed by atoms with Crippen LogP contribution in [-0.4, -0.2) is 35.4 Å². The molecule has 0 bridgehead atoms. The smallest absolute Gasteiger partial charge is 0.170 e. The molecule has 31 heavy (non-hydrogen) atoms. The molecule has 1 N–H and O–H groups in total. The van der Waals surface area contributed by atoms with Crippen molar-refractivity contribution < 1.29 is 9.90 Å². The maximum atomic E-state index is 13.6. The van der Waals surface area contributed by atoms with Crippen molar-refractivity contribution in [3.63, 3.8) is 0 Å². The Kier molecular flexibility index (Phi) is 6.35. The van der Waals surface area contributed by atoms with Gasteiger partial charge in [0.25, 0.3) is 0 Å². The zero-order valence-corrected chi connectivity index (χ0v) is 18.4. The standard InChI is InChI=1S/C28H31NO2/c1-21-8-12-24(13-9-21)27(30)26-20-29(18-16-23-6-4-3-5-7-23)19-17-28(26,31)25-14-10-22(2)11-15-25/h3-15,26,31H,16-20H2,1-2H3. The number of aliphatic hydroxyl groups is 1. The van der Waals surface area contributed by atoms with Crippen LogP contribution in [0.5, 0.6) is 0 Å². The highest BCUT2D eigenvalue weighted by atomic mass is 16.3. The summed E-state index contributed by atoms with van der Waals surface area (Å²) >= 11 is 0. The van der Waals surface area contributed by atoms with Gasteiger partial charge in [-0.05, 0) is 37.8 Å². The second kappa shape index (κ2) is 9.17. The molecule has 0 spiro atoms. The van der Waals surface area contributed by atoms with Crippen LogP contribution in [0.2, 0.25) is 0 Å². The number of ketones is 1. The minimum atomic E-state index is -1.15. The highest BCUT2D eigenvalue weighted by Gasteiger charge is 2.46. The lowest BCUT2D eigenvalue weighted by Crippen LogP contribution is -2.53. The van der Waals surface area contributed by atoms with E-state index >= 15 is 0 Å². The first-order valence-corrected chi connectivity index (χ1v) is 11.1. The Bertz CT molecular complexity index is 1010. The summed E-state index contributed by atoms with van der Waals surface area (Å²) in [6, 6.07) is 26.1. The van der Waals surface area contributed by atoms with Crippen LogP contribution in [0.15, 0.2) is 78.9 Å². The van der Waals surface area contributed by atoms with Gasteiger partial charge in [0.2, 0.25) is 0 Å². The summed E-state index contributed by atoms with van der Waals surface area (Å²) in [5.74, 6) is -0.477. The van der Waals surface area contributed by atoms with E-state index in [4.69, 9.17) is 0 Å². The summed E-state index contributed by atoms with van der Waals surface area (Å²) in [5.41, 5.74) is 3.92. The van der Waals surface area contributed by atoms with Gasteiger partial charge in [-0.25, -0.2) is 0 Å². The highest BCUT2D eigenvalue weighted by Crippen LogP contribution is 2.39. The number of hydrogen-bond acceptors (Lipinski definition) is 3. The van der Waals surface area contributed by atoms with E-state index < -0.39 is 11.5 Å². The van der Waals surface area contributed by atoms with E-state index in [1.165, 1.54) is 5.56 Å². The normalized spacial score (nSPS) is 21.7. The van der Waals surface area contributed by atoms with Crippen molar-refractivity contribution in [1.29, 1.82) is 0 Å². The molecule has 3 aromatic rings. The highest BCUT2D eigenvalue weighted by molar-refractivity contribution is 5.99. The van der Waals surface area contributed by atoms with Crippen LogP contribution in [0, 0.1) is 19.8 Å². The fourth-order valence-corrected chi connectivity index (χ4v) is 4.54. The monoisotopic (exact) mass is 413 g/mol. The lowest BCUT2D eigenvalue weighted by Gasteiger charge is -2.44. The van der Waals surface area contributed by atoms with Gasteiger partial charge in [0.1, 0.15) is 5.60 Å². The molecule has 160 valence electrons. The number of Topliss-reactive ketones (excluding diaryl/α,β-unsaturated/α-hetero) is 1. The van der Waals surface area contributed by atoms with E-state index in [0.29, 0.717) is 18.5 Å². The number of rotatable bonds is 6. The maximum Gasteiger partial charge on any atom is 0.170 e. The predicted molar refractivity (Wildman–Crippen MR) is 125 cm³/mol. The van der Waals surface area contributed by atoms with Crippen LogP contribution < -0.4 is 0 Å². The van der Waals surface area contributed by atoms with Gasteiger partial charge >= 0.3 is 0 Å². The van der Waals surface area contributed by atoms with Crippen LogP contribution >= 0.6 is 0 Å². The average molecular weight is 414 g/mol. The molecule has 1 saturated heterocycles. The summed E-state index contributed by atoms with van der Waals surface area (Å²) < 4.78 is 0. The van der Waals surface area contributed by atoms with Crippen LogP contribution in [0.4, 0.5) is 0 Å². The molecule has 1 heterocycles. The number of benzene rings is 3. The lowest BCUT2D eigenvalue weighted by molar-refractivity contribution is -0.0639. The molecule has 0 aliphatic carbocycles. The van der Waals surface area contributed by atoms with Crippen LogP contribution in [0.3, 0.4) is 0 Å². The molecule has 0 aromatic heterocycles. The van der Waals surface area contributed by atoms with Gasteiger partial charge in [-0.15, -0.1) is 0 Å². The number of nitrogens with zero attached hydrogens (tertiary/aromatic N) is 1. The molecular weight excluding hydrogens is 382 g/mol. The Balaban J connectivity index is 1.60. The second-order valence-corrected chi connectivity index (χ2v) is 8.86. The average Bonchev–Trinajstić information content (AvgIpc) is 2.79. The van der Waals surface area contributed by atoms with Gasteiger partial charge in [0, 0.05) is 25.2 Å². The molecular formula is C28H31NO2. The van der Waals surface area contributed by atoms with Crippen molar-refractivity contribution in [1.82, 2.24) is 4.90 Å². The van der Waals surface area contributed by atoms with E-state index in [1.807, 2.05) is 68.4 Å². The Labute approximate surface area is 185 Å². The van der Waals surface area contributed by atoms with E-state index in [0.717, 1.165) is 36.2 Å². The Morgan fingerprint density at radius 3 is 2.19 bits per heavy atom. The third kappa shape index (κ3) is 4.79. The summed E-state index contributed by atoms with van der Waals surface area (Å²) in [6.07, 6.45) is 1.49. The molecule has 3 nitrogen and oxygen atoms in total. The summed E-state index contributed by atoms with van der Waals surface area (Å²) in [4.78, 5) is 15.9. The number of hydrogen-bond donors (Lipinski definition) is 1. The van der Waals surface area contributed by atoms with Gasteiger partial charge in [0.15, 0.2) is 5.78 Å². The minimum Gasteiger partial charge on any atom is -0.384 e. The second-order valence-electron chi connectivity index (χ2n) is 8.86. The topological polar surface area (TPSA) is 40.5 Å². The van der Waals surface area contributed by atoms with E-state index in [-0.39, 0.29) is 5.78 Å². The summed E-state index contributed by atoms with van der Waals surface area (Å²) in [6.45, 7) is 6.27. The SMILES string of the molecule is Cc1ccc(C(=O)C2CN(CCc3ccccc3)CCC2(O)c2ccc(C)cc2)cc1. The van der Waals surface area contributed by atoms with Gasteiger partial charge in [-0.3, -0.25) is 4.79 Å². The first-order chi connectivity index (χ1) is 15.0. The molecule has 2 unspecified atom stereocenters. The van der Waals surface area contributed by atoms with Crippen molar-refractivity contribution in [2.24, 2.45) is 5.92 Å². The van der Waals surface area contributed by atoms with E-state index in [9.17, 15) is 9.90 Å². The van der Waals surface area contributed by atoms with Crippen molar-refractivity contribution >= 4 is 5.78 Å². The number of carbonyl (C=O) groups excluding carboxylic acids is 1. The van der Waals surface area contributed by atoms with Crippen LogP contribution in [0.25, 0.3) is 0 Å². The molecule has 0 radical (unpaired) electrons. The van der Waals surface area contributed by atoms with Gasteiger partial charge in [-0.2, -0.15) is 0 Å². The zero-order chi connectivity index (χ0) is 21.8. The third-order valence-corrected chi connectivity index (χ3v) is 6.59. The molecule has 2 atom stereocenters. The number of likely N-dealkylation sites (tertiary alicyclic amines) is 1. The molecule has 1 aliphatic rings.